The van der Waals surface area contributed by atoms with Crippen molar-refractivity contribution in [3.63, 3.8) is 0 Å². The van der Waals surface area contributed by atoms with E-state index < -0.39 is 0 Å². The van der Waals surface area contributed by atoms with Crippen molar-refractivity contribution in [1.29, 1.82) is 0 Å². The largest absolute Gasteiger partial charge is 0.497 e. The van der Waals surface area contributed by atoms with Crippen LogP contribution in [0, 0.1) is 0 Å². The number of anilines is 1. The SMILES string of the molecule is COc1ccc(-c2cnc(N3CCC(N)CC3)nc2C2=CCC(C)(N)C=C2)cc1. The lowest BCUT2D eigenvalue weighted by Gasteiger charge is -2.30. The number of allylic oxidation sites excluding steroid dienone is 2. The minimum Gasteiger partial charge on any atom is -0.497 e. The predicted molar refractivity (Wildman–Crippen MR) is 118 cm³/mol. The number of methoxy groups -OCH3 is 1. The van der Waals surface area contributed by atoms with Crippen molar-refractivity contribution in [3.8, 4) is 16.9 Å². The number of benzene rings is 1. The highest BCUT2D eigenvalue weighted by Gasteiger charge is 2.23. The molecule has 1 saturated heterocycles. The molecule has 2 heterocycles. The first kappa shape index (κ1) is 19.6. The molecule has 2 aliphatic rings. The lowest BCUT2D eigenvalue weighted by atomic mass is 9.89. The number of nitrogens with two attached hydrogens (primary N) is 2. The zero-order valence-electron chi connectivity index (χ0n) is 17.1. The van der Waals surface area contributed by atoms with Crippen LogP contribution in [0.25, 0.3) is 16.7 Å². The fourth-order valence-corrected chi connectivity index (χ4v) is 3.75. The summed E-state index contributed by atoms with van der Waals surface area (Å²) in [6, 6.07) is 8.28. The van der Waals surface area contributed by atoms with E-state index in [4.69, 9.17) is 26.2 Å². The van der Waals surface area contributed by atoms with Gasteiger partial charge in [-0.1, -0.05) is 30.4 Å². The summed E-state index contributed by atoms with van der Waals surface area (Å²) in [6.07, 6.45) is 10.9. The lowest BCUT2D eigenvalue weighted by Crippen LogP contribution is -2.40. The van der Waals surface area contributed by atoms with Gasteiger partial charge in [0.25, 0.3) is 0 Å². The Bertz CT molecular complexity index is 925. The number of aromatic nitrogens is 2. The monoisotopic (exact) mass is 391 g/mol. The van der Waals surface area contributed by atoms with Crippen LogP contribution in [0.3, 0.4) is 0 Å². The van der Waals surface area contributed by atoms with Crippen LogP contribution >= 0.6 is 0 Å². The highest BCUT2D eigenvalue weighted by Crippen LogP contribution is 2.33. The minimum absolute atomic E-state index is 0.274. The predicted octanol–water partition coefficient (Wildman–Crippen LogP) is 3.14. The number of hydrogen-bond acceptors (Lipinski definition) is 6. The molecule has 1 fully saturated rings. The van der Waals surface area contributed by atoms with Gasteiger partial charge >= 0.3 is 0 Å². The molecular formula is C23H29N5O. The molecule has 1 aliphatic carbocycles. The van der Waals surface area contributed by atoms with E-state index in [1.807, 2.05) is 37.4 Å². The van der Waals surface area contributed by atoms with Crippen LogP contribution in [0.15, 0.2) is 48.7 Å². The molecule has 4 N–H and O–H groups in total. The maximum Gasteiger partial charge on any atom is 0.225 e. The van der Waals surface area contributed by atoms with Gasteiger partial charge < -0.3 is 21.1 Å². The Morgan fingerprint density at radius 3 is 2.52 bits per heavy atom. The Morgan fingerprint density at radius 2 is 1.90 bits per heavy atom. The highest BCUT2D eigenvalue weighted by molar-refractivity contribution is 5.84. The van der Waals surface area contributed by atoms with Gasteiger partial charge in [0, 0.05) is 36.4 Å². The minimum atomic E-state index is -0.317. The molecule has 6 nitrogen and oxygen atoms in total. The molecule has 0 saturated carbocycles. The smallest absolute Gasteiger partial charge is 0.225 e. The molecule has 0 spiro atoms. The van der Waals surface area contributed by atoms with E-state index in [-0.39, 0.29) is 11.6 Å². The van der Waals surface area contributed by atoms with E-state index in [2.05, 4.69) is 23.1 Å². The third kappa shape index (κ3) is 4.33. The summed E-state index contributed by atoms with van der Waals surface area (Å²) in [5.41, 5.74) is 16.1. The summed E-state index contributed by atoms with van der Waals surface area (Å²) in [5, 5.41) is 0. The molecule has 4 rings (SSSR count). The van der Waals surface area contributed by atoms with E-state index in [1.165, 1.54) is 0 Å². The summed E-state index contributed by atoms with van der Waals surface area (Å²) in [5.74, 6) is 1.59. The van der Waals surface area contributed by atoms with Gasteiger partial charge in [0.1, 0.15) is 5.75 Å². The molecule has 1 aromatic carbocycles. The highest BCUT2D eigenvalue weighted by atomic mass is 16.5. The van der Waals surface area contributed by atoms with Gasteiger partial charge in [0.2, 0.25) is 5.95 Å². The van der Waals surface area contributed by atoms with Crippen molar-refractivity contribution < 1.29 is 4.74 Å². The van der Waals surface area contributed by atoms with Crippen molar-refractivity contribution in [1.82, 2.24) is 9.97 Å². The number of ether oxygens (including phenoxy) is 1. The maximum atomic E-state index is 6.26. The van der Waals surface area contributed by atoms with Gasteiger partial charge in [-0.3, -0.25) is 0 Å². The molecular weight excluding hydrogens is 362 g/mol. The van der Waals surface area contributed by atoms with Gasteiger partial charge in [-0.15, -0.1) is 0 Å². The van der Waals surface area contributed by atoms with Gasteiger partial charge in [-0.25, -0.2) is 9.97 Å². The van der Waals surface area contributed by atoms with E-state index in [1.54, 1.807) is 7.11 Å². The Hall–Kier alpha value is -2.70. The van der Waals surface area contributed by atoms with Crippen LogP contribution in [0.1, 0.15) is 31.9 Å². The molecule has 0 radical (unpaired) electrons. The van der Waals surface area contributed by atoms with Crippen molar-refractivity contribution in [3.05, 3.63) is 54.4 Å². The average Bonchev–Trinajstić information content (AvgIpc) is 2.74. The van der Waals surface area contributed by atoms with E-state index in [0.717, 1.165) is 66.4 Å². The lowest BCUT2D eigenvalue weighted by molar-refractivity contribution is 0.415. The van der Waals surface area contributed by atoms with E-state index in [9.17, 15) is 0 Å². The first-order valence-electron chi connectivity index (χ1n) is 10.2. The Balaban J connectivity index is 1.74. The zero-order chi connectivity index (χ0) is 20.4. The second kappa shape index (κ2) is 7.97. The molecule has 0 amide bonds. The molecule has 152 valence electrons. The quantitative estimate of drug-likeness (QED) is 0.832. The molecule has 1 atom stereocenters. The third-order valence-electron chi connectivity index (χ3n) is 5.68. The normalized spacial score (nSPS) is 22.5. The number of hydrogen-bond donors (Lipinski definition) is 2. The van der Waals surface area contributed by atoms with Crippen molar-refractivity contribution in [2.24, 2.45) is 11.5 Å². The standard InChI is InChI=1S/C23H29N5O/c1-23(25)11-7-17(8-12-23)21-20(16-3-5-19(29-2)6-4-16)15-26-22(27-21)28-13-9-18(24)10-14-28/h3-8,11,15,18H,9-10,12-14,24-25H2,1-2H3. The van der Waals surface area contributed by atoms with E-state index in [0.29, 0.717) is 0 Å². The van der Waals surface area contributed by atoms with E-state index >= 15 is 0 Å². The second-order valence-electron chi connectivity index (χ2n) is 8.19. The Labute approximate surface area is 172 Å². The van der Waals surface area contributed by atoms with Crippen molar-refractivity contribution in [2.75, 3.05) is 25.1 Å². The first-order chi connectivity index (χ1) is 13.9. The second-order valence-corrected chi connectivity index (χ2v) is 8.19. The third-order valence-corrected chi connectivity index (χ3v) is 5.68. The van der Waals surface area contributed by atoms with Crippen LogP contribution in [0.5, 0.6) is 5.75 Å². The molecule has 1 aliphatic heterocycles. The van der Waals surface area contributed by atoms with Crippen LogP contribution in [-0.4, -0.2) is 41.7 Å². The fraction of sp³-hybridized carbons (Fsp3) is 0.391. The molecule has 0 bridgehead atoms. The summed E-state index contributed by atoms with van der Waals surface area (Å²) in [7, 11) is 1.67. The molecule has 2 aromatic rings. The number of piperidine rings is 1. The fourth-order valence-electron chi connectivity index (χ4n) is 3.75. The number of nitrogens with zero attached hydrogens (tertiary/aromatic N) is 3. The van der Waals surface area contributed by atoms with Crippen molar-refractivity contribution >= 4 is 11.5 Å². The van der Waals surface area contributed by atoms with Gasteiger partial charge in [-0.2, -0.15) is 0 Å². The topological polar surface area (TPSA) is 90.3 Å². The summed E-state index contributed by atoms with van der Waals surface area (Å²) >= 11 is 0. The maximum absolute atomic E-state index is 6.26. The first-order valence-corrected chi connectivity index (χ1v) is 10.2. The Kier molecular flexibility index (Phi) is 5.39. The van der Waals surface area contributed by atoms with Crippen LogP contribution in [-0.2, 0) is 0 Å². The zero-order valence-corrected chi connectivity index (χ0v) is 17.1. The molecule has 1 aromatic heterocycles. The molecule has 6 heteroatoms. The molecule has 1 unspecified atom stereocenters. The number of rotatable bonds is 4. The molecule has 29 heavy (non-hydrogen) atoms. The Morgan fingerprint density at radius 1 is 1.17 bits per heavy atom. The summed E-state index contributed by atoms with van der Waals surface area (Å²) in [4.78, 5) is 11.9. The van der Waals surface area contributed by atoms with Gasteiger partial charge in [-0.05, 0) is 49.5 Å². The van der Waals surface area contributed by atoms with Gasteiger partial charge in [0.15, 0.2) is 0 Å². The van der Waals surface area contributed by atoms with Gasteiger partial charge in [0.05, 0.1) is 12.8 Å². The summed E-state index contributed by atoms with van der Waals surface area (Å²) in [6.45, 7) is 3.81. The average molecular weight is 392 g/mol. The van der Waals surface area contributed by atoms with Crippen LogP contribution < -0.4 is 21.1 Å². The van der Waals surface area contributed by atoms with Crippen LogP contribution in [0.4, 0.5) is 5.95 Å². The summed E-state index contributed by atoms with van der Waals surface area (Å²) < 4.78 is 5.30. The van der Waals surface area contributed by atoms with Crippen LogP contribution in [0.2, 0.25) is 0 Å². The van der Waals surface area contributed by atoms with Crippen molar-refractivity contribution in [2.45, 2.75) is 37.8 Å².